The van der Waals surface area contributed by atoms with Gasteiger partial charge in [0.2, 0.25) is 5.91 Å². The lowest BCUT2D eigenvalue weighted by atomic mass is 10.0. The second-order valence-corrected chi connectivity index (χ2v) is 5.62. The van der Waals surface area contributed by atoms with Gasteiger partial charge in [0.15, 0.2) is 0 Å². The Kier molecular flexibility index (Phi) is 6.51. The summed E-state index contributed by atoms with van der Waals surface area (Å²) in [7, 11) is 1.69. The molecule has 0 aromatic heterocycles. The second-order valence-electron chi connectivity index (χ2n) is 5.62. The first-order valence-electron chi connectivity index (χ1n) is 7.88. The minimum absolute atomic E-state index is 0.254. The maximum Gasteiger partial charge on any atom is 0.326 e. The van der Waals surface area contributed by atoms with Crippen LogP contribution >= 0.6 is 0 Å². The third-order valence-electron chi connectivity index (χ3n) is 3.84. The van der Waals surface area contributed by atoms with Crippen LogP contribution in [0, 0.1) is 0 Å². The number of carbonyl (C=O) groups is 2. The molecule has 2 atom stereocenters. The first-order valence-corrected chi connectivity index (χ1v) is 7.88. The van der Waals surface area contributed by atoms with E-state index < -0.39 is 18.1 Å². The van der Waals surface area contributed by atoms with Crippen molar-refractivity contribution in [2.45, 2.75) is 24.9 Å². The van der Waals surface area contributed by atoms with E-state index >= 15 is 0 Å². The van der Waals surface area contributed by atoms with E-state index in [4.69, 9.17) is 0 Å². The van der Waals surface area contributed by atoms with E-state index in [0.717, 1.165) is 11.1 Å². The van der Waals surface area contributed by atoms with Crippen LogP contribution in [0.1, 0.15) is 11.1 Å². The molecule has 2 rings (SSSR count). The van der Waals surface area contributed by atoms with Crippen LogP contribution in [0.3, 0.4) is 0 Å². The van der Waals surface area contributed by atoms with Crippen molar-refractivity contribution in [1.29, 1.82) is 0 Å². The summed E-state index contributed by atoms with van der Waals surface area (Å²) in [4.78, 5) is 23.9. The summed E-state index contributed by atoms with van der Waals surface area (Å²) in [5, 5.41) is 15.0. The molecule has 24 heavy (non-hydrogen) atoms. The predicted molar refractivity (Wildman–Crippen MR) is 92.7 cm³/mol. The average molecular weight is 326 g/mol. The maximum atomic E-state index is 12.4. The largest absolute Gasteiger partial charge is 0.480 e. The Balaban J connectivity index is 2.01. The number of likely N-dealkylation sites (N-methyl/N-ethyl adjacent to an activating group) is 1. The SMILES string of the molecule is CN[C@@H](Cc1ccccc1)C(=O)N[C@@H](Cc1ccccc1)C(=O)O. The Morgan fingerprint density at radius 3 is 1.75 bits per heavy atom. The maximum absolute atomic E-state index is 12.4. The molecular formula is C19H22N2O3. The summed E-state index contributed by atoms with van der Waals surface area (Å²) in [5.74, 6) is -1.36. The Labute approximate surface area is 141 Å². The topological polar surface area (TPSA) is 78.4 Å². The Morgan fingerprint density at radius 1 is 0.875 bits per heavy atom. The normalized spacial score (nSPS) is 13.0. The van der Waals surface area contributed by atoms with Crippen molar-refractivity contribution in [1.82, 2.24) is 10.6 Å². The van der Waals surface area contributed by atoms with Crippen molar-refractivity contribution in [2.24, 2.45) is 0 Å². The van der Waals surface area contributed by atoms with Crippen molar-refractivity contribution in [3.63, 3.8) is 0 Å². The van der Waals surface area contributed by atoms with Crippen molar-refractivity contribution < 1.29 is 14.7 Å². The molecule has 5 heteroatoms. The zero-order chi connectivity index (χ0) is 17.4. The van der Waals surface area contributed by atoms with Crippen LogP contribution in [0.2, 0.25) is 0 Å². The van der Waals surface area contributed by atoms with E-state index in [0.29, 0.717) is 6.42 Å². The molecule has 0 aliphatic carbocycles. The zero-order valence-corrected chi connectivity index (χ0v) is 13.6. The van der Waals surface area contributed by atoms with Gasteiger partial charge >= 0.3 is 5.97 Å². The highest BCUT2D eigenvalue weighted by Crippen LogP contribution is 2.06. The van der Waals surface area contributed by atoms with Gasteiger partial charge in [-0.05, 0) is 24.6 Å². The molecule has 0 bridgehead atoms. The lowest BCUT2D eigenvalue weighted by Crippen LogP contribution is -2.51. The van der Waals surface area contributed by atoms with Crippen molar-refractivity contribution >= 4 is 11.9 Å². The third-order valence-corrected chi connectivity index (χ3v) is 3.84. The summed E-state index contributed by atoms with van der Waals surface area (Å²) in [5.41, 5.74) is 1.89. The number of rotatable bonds is 8. The average Bonchev–Trinajstić information content (AvgIpc) is 2.60. The van der Waals surface area contributed by atoms with E-state index in [1.54, 1.807) is 7.05 Å². The number of carbonyl (C=O) groups excluding carboxylic acids is 1. The van der Waals surface area contributed by atoms with Crippen molar-refractivity contribution in [3.8, 4) is 0 Å². The molecule has 3 N–H and O–H groups in total. The molecule has 0 fully saturated rings. The van der Waals surface area contributed by atoms with E-state index in [2.05, 4.69) is 10.6 Å². The standard InChI is InChI=1S/C19H22N2O3/c1-20-16(12-14-8-4-2-5-9-14)18(22)21-17(19(23)24)13-15-10-6-3-7-11-15/h2-11,16-17,20H,12-13H2,1H3,(H,21,22)(H,23,24)/t16-,17-/m0/s1. The molecule has 0 spiro atoms. The molecule has 0 unspecified atom stereocenters. The Hall–Kier alpha value is -2.66. The summed E-state index contributed by atoms with van der Waals surface area (Å²) in [6.07, 6.45) is 0.754. The van der Waals surface area contributed by atoms with Gasteiger partial charge in [-0.25, -0.2) is 4.79 Å². The van der Waals surface area contributed by atoms with Gasteiger partial charge in [0.1, 0.15) is 6.04 Å². The fourth-order valence-electron chi connectivity index (χ4n) is 2.50. The fourth-order valence-corrected chi connectivity index (χ4v) is 2.50. The van der Waals surface area contributed by atoms with Gasteiger partial charge in [-0.2, -0.15) is 0 Å². The second kappa shape index (κ2) is 8.84. The number of nitrogens with one attached hydrogen (secondary N) is 2. The first-order chi connectivity index (χ1) is 11.6. The van der Waals surface area contributed by atoms with Gasteiger partial charge in [0, 0.05) is 6.42 Å². The van der Waals surface area contributed by atoms with Gasteiger partial charge in [0.25, 0.3) is 0 Å². The predicted octanol–water partition coefficient (Wildman–Crippen LogP) is 1.63. The highest BCUT2D eigenvalue weighted by atomic mass is 16.4. The van der Waals surface area contributed by atoms with Gasteiger partial charge in [0.05, 0.1) is 6.04 Å². The zero-order valence-electron chi connectivity index (χ0n) is 13.6. The molecule has 2 aromatic carbocycles. The van der Waals surface area contributed by atoms with E-state index in [1.165, 1.54) is 0 Å². The number of amides is 1. The van der Waals surface area contributed by atoms with Crippen LogP contribution in [0.4, 0.5) is 0 Å². The lowest BCUT2D eigenvalue weighted by molar-refractivity contribution is -0.142. The fraction of sp³-hybridized carbons (Fsp3) is 0.263. The monoisotopic (exact) mass is 326 g/mol. The Bertz CT molecular complexity index is 659. The van der Waals surface area contributed by atoms with Crippen LogP contribution in [0.25, 0.3) is 0 Å². The van der Waals surface area contributed by atoms with Gasteiger partial charge in [-0.3, -0.25) is 4.79 Å². The van der Waals surface area contributed by atoms with Crippen molar-refractivity contribution in [3.05, 3.63) is 71.8 Å². The molecule has 0 saturated heterocycles. The van der Waals surface area contributed by atoms with Crippen LogP contribution in [-0.2, 0) is 22.4 Å². The number of benzene rings is 2. The first kappa shape index (κ1) is 17.7. The Morgan fingerprint density at radius 2 is 1.33 bits per heavy atom. The molecule has 2 aromatic rings. The molecule has 0 saturated carbocycles. The highest BCUT2D eigenvalue weighted by Gasteiger charge is 2.24. The van der Waals surface area contributed by atoms with Gasteiger partial charge < -0.3 is 15.7 Å². The summed E-state index contributed by atoms with van der Waals surface area (Å²) in [6.45, 7) is 0. The van der Waals surface area contributed by atoms with E-state index in [-0.39, 0.29) is 12.3 Å². The molecule has 126 valence electrons. The lowest BCUT2D eigenvalue weighted by Gasteiger charge is -2.20. The summed E-state index contributed by atoms with van der Waals surface area (Å²) in [6, 6.07) is 17.5. The molecule has 0 aliphatic rings. The van der Waals surface area contributed by atoms with Crippen LogP contribution in [0.5, 0.6) is 0 Å². The van der Waals surface area contributed by atoms with Crippen LogP contribution in [-0.4, -0.2) is 36.1 Å². The molecular weight excluding hydrogens is 304 g/mol. The summed E-state index contributed by atoms with van der Waals surface area (Å²) >= 11 is 0. The molecule has 0 radical (unpaired) electrons. The highest BCUT2D eigenvalue weighted by molar-refractivity contribution is 5.87. The summed E-state index contributed by atoms with van der Waals surface area (Å²) < 4.78 is 0. The number of carboxylic acids is 1. The van der Waals surface area contributed by atoms with Crippen molar-refractivity contribution in [2.75, 3.05) is 7.05 Å². The number of aliphatic carboxylic acids is 1. The number of hydrogen-bond donors (Lipinski definition) is 3. The van der Waals surface area contributed by atoms with Crippen LogP contribution < -0.4 is 10.6 Å². The van der Waals surface area contributed by atoms with Crippen LogP contribution in [0.15, 0.2) is 60.7 Å². The van der Waals surface area contributed by atoms with E-state index in [1.807, 2.05) is 60.7 Å². The molecule has 5 nitrogen and oxygen atoms in total. The molecule has 1 amide bonds. The van der Waals surface area contributed by atoms with Gasteiger partial charge in [-0.15, -0.1) is 0 Å². The van der Waals surface area contributed by atoms with Gasteiger partial charge in [-0.1, -0.05) is 60.7 Å². The molecule has 0 heterocycles. The molecule has 0 aliphatic heterocycles. The number of hydrogen-bond acceptors (Lipinski definition) is 3. The quantitative estimate of drug-likeness (QED) is 0.689. The minimum Gasteiger partial charge on any atom is -0.480 e. The number of carboxylic acid groups (broad SMARTS) is 1. The third kappa shape index (κ3) is 5.21. The van der Waals surface area contributed by atoms with E-state index in [9.17, 15) is 14.7 Å². The smallest absolute Gasteiger partial charge is 0.326 e. The minimum atomic E-state index is -1.04.